The van der Waals surface area contributed by atoms with Crippen molar-refractivity contribution in [1.82, 2.24) is 9.99 Å². The number of rotatable bonds is 12. The number of amides is 1. The van der Waals surface area contributed by atoms with Crippen LogP contribution in [0.2, 0.25) is 5.02 Å². The zero-order valence-electron chi connectivity index (χ0n) is 22.1. The van der Waals surface area contributed by atoms with E-state index < -0.39 is 18.5 Å². The Bertz CT molecular complexity index is 1500. The van der Waals surface area contributed by atoms with Crippen molar-refractivity contribution in [3.63, 3.8) is 0 Å². The summed E-state index contributed by atoms with van der Waals surface area (Å²) in [6, 6.07) is 18.1. The summed E-state index contributed by atoms with van der Waals surface area (Å²) in [7, 11) is 0. The van der Waals surface area contributed by atoms with Crippen LogP contribution in [-0.2, 0) is 11.4 Å². The van der Waals surface area contributed by atoms with Crippen LogP contribution in [0.1, 0.15) is 40.2 Å². The van der Waals surface area contributed by atoms with E-state index in [-0.39, 0.29) is 28.9 Å². The van der Waals surface area contributed by atoms with Gasteiger partial charge in [0.15, 0.2) is 23.9 Å². The molecular formula is C29H28ClN3O7. The second-order valence-electron chi connectivity index (χ2n) is 8.64. The molecule has 4 aromatic rings. The highest BCUT2D eigenvalue weighted by Crippen LogP contribution is 2.36. The Morgan fingerprint density at radius 2 is 1.75 bits per heavy atom. The number of aliphatic carboxylic acids is 1. The van der Waals surface area contributed by atoms with Gasteiger partial charge in [-0.2, -0.15) is 5.10 Å². The number of aryl methyl sites for hydroxylation is 2. The van der Waals surface area contributed by atoms with E-state index in [1.165, 1.54) is 18.3 Å². The first-order valence-electron chi connectivity index (χ1n) is 12.4. The van der Waals surface area contributed by atoms with Gasteiger partial charge in [0.05, 0.1) is 17.8 Å². The molecule has 0 aliphatic rings. The molecule has 1 amide bonds. The largest absolute Gasteiger partial charge is 0.490 e. The predicted molar refractivity (Wildman–Crippen MR) is 149 cm³/mol. The molecule has 2 aromatic heterocycles. The van der Waals surface area contributed by atoms with Crippen molar-refractivity contribution in [2.24, 2.45) is 5.10 Å². The maximum atomic E-state index is 12.5. The molecule has 0 bridgehead atoms. The minimum atomic E-state index is -1.15. The number of carboxylic acids is 1. The van der Waals surface area contributed by atoms with Crippen molar-refractivity contribution in [1.29, 1.82) is 0 Å². The maximum Gasteiger partial charge on any atom is 0.341 e. The number of benzene rings is 2. The van der Waals surface area contributed by atoms with Crippen molar-refractivity contribution >= 4 is 29.7 Å². The van der Waals surface area contributed by atoms with Crippen LogP contribution in [0.15, 0.2) is 70.2 Å². The normalized spacial score (nSPS) is 11.0. The molecule has 40 heavy (non-hydrogen) atoms. The fraction of sp³-hybridized carbons (Fsp3) is 0.207. The molecule has 2 heterocycles. The van der Waals surface area contributed by atoms with Gasteiger partial charge in [-0.1, -0.05) is 11.6 Å². The van der Waals surface area contributed by atoms with Crippen molar-refractivity contribution in [2.45, 2.75) is 27.4 Å². The lowest BCUT2D eigenvalue weighted by Gasteiger charge is -2.13. The Labute approximate surface area is 235 Å². The summed E-state index contributed by atoms with van der Waals surface area (Å²) in [5.41, 5.74) is 6.23. The molecule has 0 fully saturated rings. The van der Waals surface area contributed by atoms with Gasteiger partial charge in [-0.15, -0.1) is 0 Å². The van der Waals surface area contributed by atoms with Gasteiger partial charge in [0.25, 0.3) is 0 Å². The number of carbonyl (C=O) groups is 2. The third-order valence-corrected chi connectivity index (χ3v) is 5.96. The number of halogens is 1. The fourth-order valence-corrected chi connectivity index (χ4v) is 4.19. The summed E-state index contributed by atoms with van der Waals surface area (Å²) in [6.45, 7) is 5.76. The van der Waals surface area contributed by atoms with Crippen LogP contribution in [0, 0.1) is 13.8 Å². The van der Waals surface area contributed by atoms with Crippen LogP contribution in [0.25, 0.3) is 5.69 Å². The molecule has 0 aliphatic heterocycles. The third kappa shape index (κ3) is 7.03. The zero-order valence-corrected chi connectivity index (χ0v) is 22.9. The van der Waals surface area contributed by atoms with Crippen molar-refractivity contribution in [3.05, 3.63) is 94.2 Å². The van der Waals surface area contributed by atoms with E-state index in [0.29, 0.717) is 23.7 Å². The van der Waals surface area contributed by atoms with Gasteiger partial charge in [0.1, 0.15) is 18.1 Å². The highest BCUT2D eigenvalue weighted by atomic mass is 35.5. The summed E-state index contributed by atoms with van der Waals surface area (Å²) in [5, 5.41) is 12.9. The van der Waals surface area contributed by atoms with Crippen LogP contribution in [0.5, 0.6) is 17.2 Å². The van der Waals surface area contributed by atoms with E-state index in [9.17, 15) is 9.59 Å². The minimum absolute atomic E-state index is 0.0649. The van der Waals surface area contributed by atoms with Gasteiger partial charge < -0.3 is 28.3 Å². The lowest BCUT2D eigenvalue weighted by Crippen LogP contribution is -2.16. The van der Waals surface area contributed by atoms with Crippen LogP contribution in [-0.4, -0.2) is 41.0 Å². The quantitative estimate of drug-likeness (QED) is 0.170. The number of hydrazone groups is 1. The summed E-state index contributed by atoms with van der Waals surface area (Å²) in [4.78, 5) is 23.3. The summed E-state index contributed by atoms with van der Waals surface area (Å²) in [5.74, 6) is -0.129. The fourth-order valence-electron chi connectivity index (χ4n) is 3.92. The van der Waals surface area contributed by atoms with E-state index in [0.717, 1.165) is 17.1 Å². The van der Waals surface area contributed by atoms with Crippen LogP contribution < -0.4 is 19.6 Å². The lowest BCUT2D eigenvalue weighted by molar-refractivity contribution is -0.139. The van der Waals surface area contributed by atoms with Crippen LogP contribution >= 0.6 is 11.6 Å². The highest BCUT2D eigenvalue weighted by Gasteiger charge is 2.15. The molecule has 0 radical (unpaired) electrons. The standard InChI is InChI=1S/C29H28ClN3O7/c1-4-37-26-14-20(13-24(30)28(26)39-17-27(34)35)15-31-32-29(36)25-12-11-23(40-25)16-38-22-9-7-21(8-10-22)33-18(2)5-6-19(33)3/h5-15H,4,16-17H2,1-3H3,(H,32,36)(H,34,35)/b31-15+. The Balaban J connectivity index is 1.33. The maximum absolute atomic E-state index is 12.5. The smallest absolute Gasteiger partial charge is 0.341 e. The van der Waals surface area contributed by atoms with Crippen molar-refractivity contribution in [2.75, 3.05) is 13.2 Å². The molecule has 2 aromatic carbocycles. The molecule has 208 valence electrons. The summed E-state index contributed by atoms with van der Waals surface area (Å²) >= 11 is 6.24. The first kappa shape index (κ1) is 28.3. The van der Waals surface area contributed by atoms with Gasteiger partial charge in [0.2, 0.25) is 0 Å². The summed E-state index contributed by atoms with van der Waals surface area (Å²) in [6.07, 6.45) is 1.36. The van der Waals surface area contributed by atoms with E-state index in [2.05, 4.69) is 41.1 Å². The number of nitrogens with one attached hydrogen (secondary N) is 1. The molecule has 0 spiro atoms. The number of hydrogen-bond donors (Lipinski definition) is 2. The molecule has 0 atom stereocenters. The highest BCUT2D eigenvalue weighted by molar-refractivity contribution is 6.32. The van der Waals surface area contributed by atoms with E-state index in [1.807, 2.05) is 24.3 Å². The second-order valence-corrected chi connectivity index (χ2v) is 9.05. The predicted octanol–water partition coefficient (Wildman–Crippen LogP) is 5.55. The summed E-state index contributed by atoms with van der Waals surface area (Å²) < 4.78 is 24.3. The van der Waals surface area contributed by atoms with E-state index in [1.54, 1.807) is 19.1 Å². The average Bonchev–Trinajstić information content (AvgIpc) is 3.53. The number of aromatic nitrogens is 1. The van der Waals surface area contributed by atoms with Gasteiger partial charge >= 0.3 is 11.9 Å². The monoisotopic (exact) mass is 565 g/mol. The molecule has 4 rings (SSSR count). The van der Waals surface area contributed by atoms with Crippen molar-refractivity contribution < 1.29 is 33.3 Å². The molecular weight excluding hydrogens is 538 g/mol. The number of carboxylic acid groups (broad SMARTS) is 1. The van der Waals surface area contributed by atoms with Gasteiger partial charge in [0, 0.05) is 17.1 Å². The molecule has 0 saturated carbocycles. The first-order chi connectivity index (χ1) is 19.2. The van der Waals surface area contributed by atoms with Crippen LogP contribution in [0.3, 0.4) is 0 Å². The van der Waals surface area contributed by atoms with Gasteiger partial charge in [-0.25, -0.2) is 10.2 Å². The van der Waals surface area contributed by atoms with Gasteiger partial charge in [-0.3, -0.25) is 4.79 Å². The topological polar surface area (TPSA) is 125 Å². The number of hydrogen-bond acceptors (Lipinski definition) is 7. The SMILES string of the molecule is CCOc1cc(/C=N/NC(=O)c2ccc(COc3ccc(-n4c(C)ccc4C)cc3)o2)cc(Cl)c1OCC(=O)O. The van der Waals surface area contributed by atoms with Gasteiger partial charge in [-0.05, 0) is 87.0 Å². The van der Waals surface area contributed by atoms with Crippen molar-refractivity contribution in [3.8, 4) is 22.9 Å². The number of nitrogens with zero attached hydrogens (tertiary/aromatic N) is 2. The Kier molecular flexibility index (Phi) is 9.13. The molecule has 10 nitrogen and oxygen atoms in total. The number of furan rings is 1. The Morgan fingerprint density at radius 1 is 1.02 bits per heavy atom. The molecule has 0 unspecified atom stereocenters. The molecule has 2 N–H and O–H groups in total. The Morgan fingerprint density at radius 3 is 2.42 bits per heavy atom. The second kappa shape index (κ2) is 12.9. The van der Waals surface area contributed by atoms with E-state index in [4.69, 9.17) is 35.3 Å². The van der Waals surface area contributed by atoms with Crippen LogP contribution in [0.4, 0.5) is 0 Å². The molecule has 0 saturated heterocycles. The Hall–Kier alpha value is -4.70. The average molecular weight is 566 g/mol. The zero-order chi connectivity index (χ0) is 28.6. The number of carbonyl (C=O) groups excluding carboxylic acids is 1. The molecule has 0 aliphatic carbocycles. The first-order valence-corrected chi connectivity index (χ1v) is 12.7. The third-order valence-electron chi connectivity index (χ3n) is 5.68. The van der Waals surface area contributed by atoms with E-state index >= 15 is 0 Å². The minimum Gasteiger partial charge on any atom is -0.490 e. The molecule has 11 heteroatoms. The lowest BCUT2D eigenvalue weighted by atomic mass is 10.2. The number of ether oxygens (including phenoxy) is 3.